The Labute approximate surface area is 73.9 Å². The molecular formula is C6H7N3O4. The number of alkyl carbamates (subject to hydrolysis) is 1. The van der Waals surface area contributed by atoms with Gasteiger partial charge in [-0.05, 0) is 0 Å². The summed E-state index contributed by atoms with van der Waals surface area (Å²) in [5.74, 6) is -0.976. The van der Waals surface area contributed by atoms with Crippen LogP contribution in [0.2, 0.25) is 0 Å². The number of methoxy groups -OCH3 is 1. The molecule has 0 heterocycles. The zero-order valence-electron chi connectivity index (χ0n) is 7.03. The lowest BCUT2D eigenvalue weighted by Gasteiger charge is -1.98. The molecule has 0 atom stereocenters. The molecule has 7 heteroatoms. The third kappa shape index (κ3) is 3.71. The minimum Gasteiger partial charge on any atom is -0.453 e. The fraction of sp³-hybridized carbons (Fsp3) is 0.333. The summed E-state index contributed by atoms with van der Waals surface area (Å²) in [7, 11) is 2.25. The highest BCUT2D eigenvalue weighted by atomic mass is 16.6. The lowest BCUT2D eigenvalue weighted by atomic mass is 10.4. The van der Waals surface area contributed by atoms with Gasteiger partial charge in [0.15, 0.2) is 0 Å². The Balaban J connectivity index is 4.34. The second-order valence-electron chi connectivity index (χ2n) is 1.68. The quantitative estimate of drug-likeness (QED) is 0.457. The van der Waals surface area contributed by atoms with Crippen LogP contribution in [0.25, 0.3) is 0 Å². The zero-order chi connectivity index (χ0) is 10.3. The van der Waals surface area contributed by atoms with E-state index in [1.807, 2.05) is 0 Å². The van der Waals surface area contributed by atoms with Crippen LogP contribution in [0.15, 0.2) is 5.16 Å². The number of carbonyl (C=O) groups excluding carboxylic acids is 2. The van der Waals surface area contributed by atoms with Crippen LogP contribution < -0.4 is 5.32 Å². The van der Waals surface area contributed by atoms with Crippen molar-refractivity contribution in [3.05, 3.63) is 0 Å². The first-order chi connectivity index (χ1) is 6.15. The molecule has 2 amide bonds. The highest BCUT2D eigenvalue weighted by Gasteiger charge is 2.14. The third-order valence-electron chi connectivity index (χ3n) is 0.905. The lowest BCUT2D eigenvalue weighted by molar-refractivity contribution is -0.114. The number of rotatable bonds is 2. The maximum atomic E-state index is 10.9. The van der Waals surface area contributed by atoms with E-state index in [9.17, 15) is 9.59 Å². The Morgan fingerprint density at radius 3 is 2.46 bits per heavy atom. The van der Waals surface area contributed by atoms with E-state index in [-0.39, 0.29) is 0 Å². The van der Waals surface area contributed by atoms with Crippen molar-refractivity contribution < 1.29 is 19.2 Å². The lowest BCUT2D eigenvalue weighted by Crippen LogP contribution is -2.35. The van der Waals surface area contributed by atoms with Crippen molar-refractivity contribution in [3.8, 4) is 6.07 Å². The van der Waals surface area contributed by atoms with Gasteiger partial charge in [0.05, 0.1) is 7.11 Å². The average Bonchev–Trinajstić information content (AvgIpc) is 2.13. The second kappa shape index (κ2) is 5.54. The Hall–Kier alpha value is -2.10. The van der Waals surface area contributed by atoms with Crippen LogP contribution in [0.5, 0.6) is 0 Å². The first kappa shape index (κ1) is 10.9. The number of hydrogen-bond acceptors (Lipinski definition) is 6. The number of nitrogens with zero attached hydrogens (tertiary/aromatic N) is 2. The Morgan fingerprint density at radius 2 is 2.08 bits per heavy atom. The molecule has 0 rings (SSSR count). The first-order valence-electron chi connectivity index (χ1n) is 3.06. The first-order valence-corrected chi connectivity index (χ1v) is 3.06. The van der Waals surface area contributed by atoms with Crippen LogP contribution in [-0.2, 0) is 14.4 Å². The van der Waals surface area contributed by atoms with Crippen LogP contribution in [0.1, 0.15) is 0 Å². The summed E-state index contributed by atoms with van der Waals surface area (Å²) in [5.41, 5.74) is -0.562. The van der Waals surface area contributed by atoms with Crippen molar-refractivity contribution in [1.29, 1.82) is 5.26 Å². The van der Waals surface area contributed by atoms with E-state index in [0.29, 0.717) is 0 Å². The smallest absolute Gasteiger partial charge is 0.413 e. The van der Waals surface area contributed by atoms with E-state index in [2.05, 4.69) is 14.7 Å². The van der Waals surface area contributed by atoms with Crippen LogP contribution in [0.3, 0.4) is 0 Å². The average molecular weight is 185 g/mol. The minimum atomic E-state index is -0.976. The molecule has 1 N–H and O–H groups in total. The summed E-state index contributed by atoms with van der Waals surface area (Å²) in [4.78, 5) is 25.6. The summed E-state index contributed by atoms with van der Waals surface area (Å²) in [5, 5.41) is 13.1. The zero-order valence-corrected chi connectivity index (χ0v) is 7.03. The SMILES string of the molecule is CON=C(C#N)C(=O)NC(=O)OC. The Morgan fingerprint density at radius 1 is 1.46 bits per heavy atom. The third-order valence-corrected chi connectivity index (χ3v) is 0.905. The minimum absolute atomic E-state index is 0.562. The monoisotopic (exact) mass is 185 g/mol. The number of amides is 2. The van der Waals surface area contributed by atoms with Gasteiger partial charge in [-0.1, -0.05) is 5.16 Å². The van der Waals surface area contributed by atoms with Gasteiger partial charge < -0.3 is 9.57 Å². The number of oxime groups is 1. The van der Waals surface area contributed by atoms with Crippen molar-refractivity contribution in [2.24, 2.45) is 5.16 Å². The van der Waals surface area contributed by atoms with Gasteiger partial charge in [0, 0.05) is 0 Å². The van der Waals surface area contributed by atoms with E-state index >= 15 is 0 Å². The van der Waals surface area contributed by atoms with Crippen LogP contribution in [0.4, 0.5) is 4.79 Å². The largest absolute Gasteiger partial charge is 0.453 e. The van der Waals surface area contributed by atoms with Crippen LogP contribution in [-0.4, -0.2) is 31.9 Å². The van der Waals surface area contributed by atoms with E-state index in [4.69, 9.17) is 5.26 Å². The molecule has 0 aliphatic carbocycles. The van der Waals surface area contributed by atoms with Gasteiger partial charge in [0.2, 0.25) is 5.71 Å². The molecule has 0 fully saturated rings. The summed E-state index contributed by atoms with van der Waals surface area (Å²) < 4.78 is 4.12. The summed E-state index contributed by atoms with van der Waals surface area (Å²) in [6, 6.07) is 1.44. The highest BCUT2D eigenvalue weighted by Crippen LogP contribution is 1.80. The van der Waals surface area contributed by atoms with Gasteiger partial charge in [-0.25, -0.2) is 4.79 Å². The maximum Gasteiger partial charge on any atom is 0.413 e. The van der Waals surface area contributed by atoms with Gasteiger partial charge >= 0.3 is 6.09 Å². The Kier molecular flexibility index (Phi) is 4.64. The van der Waals surface area contributed by atoms with Crippen LogP contribution in [0, 0.1) is 11.3 Å². The number of carbonyl (C=O) groups is 2. The van der Waals surface area contributed by atoms with Gasteiger partial charge in [0.1, 0.15) is 13.2 Å². The fourth-order valence-electron chi connectivity index (χ4n) is 0.407. The predicted octanol–water partition coefficient (Wildman–Crippen LogP) is -0.605. The molecule has 0 aromatic heterocycles. The molecule has 70 valence electrons. The van der Waals surface area contributed by atoms with Gasteiger partial charge in [-0.15, -0.1) is 0 Å². The topological polar surface area (TPSA) is 101 Å². The molecule has 0 bridgehead atoms. The standard InChI is InChI=1S/C6H7N3O4/c1-12-6(11)8-5(10)4(3-7)9-13-2/h1-2H3,(H,8,10,11). The van der Waals surface area contributed by atoms with Gasteiger partial charge in [-0.2, -0.15) is 5.26 Å². The highest BCUT2D eigenvalue weighted by molar-refractivity contribution is 6.46. The summed E-state index contributed by atoms with van der Waals surface area (Å²) in [6.45, 7) is 0. The molecule has 7 nitrogen and oxygen atoms in total. The molecule has 0 aliphatic heterocycles. The molecule has 0 aliphatic rings. The Bertz CT molecular complexity index is 278. The van der Waals surface area contributed by atoms with Crippen molar-refractivity contribution >= 4 is 17.7 Å². The molecule has 0 unspecified atom stereocenters. The number of hydrogen-bond donors (Lipinski definition) is 1. The molecular weight excluding hydrogens is 178 g/mol. The van der Waals surface area contributed by atoms with Gasteiger partial charge in [-0.3, -0.25) is 10.1 Å². The van der Waals surface area contributed by atoms with Crippen molar-refractivity contribution in [3.63, 3.8) is 0 Å². The van der Waals surface area contributed by atoms with E-state index in [1.165, 1.54) is 13.2 Å². The normalized spacial score (nSPS) is 9.77. The molecule has 0 spiro atoms. The maximum absolute atomic E-state index is 10.9. The van der Waals surface area contributed by atoms with E-state index in [1.54, 1.807) is 5.32 Å². The number of imide groups is 1. The summed E-state index contributed by atoms with van der Waals surface area (Å²) in [6.07, 6.45) is -0.968. The summed E-state index contributed by atoms with van der Waals surface area (Å²) >= 11 is 0. The van der Waals surface area contributed by atoms with E-state index in [0.717, 1.165) is 7.11 Å². The van der Waals surface area contributed by atoms with Crippen molar-refractivity contribution in [2.75, 3.05) is 14.2 Å². The predicted molar refractivity (Wildman–Crippen MR) is 40.6 cm³/mol. The number of ether oxygens (including phenoxy) is 1. The van der Waals surface area contributed by atoms with E-state index < -0.39 is 17.7 Å². The molecule has 0 saturated heterocycles. The molecule has 0 aromatic rings. The number of nitriles is 1. The van der Waals surface area contributed by atoms with Crippen LogP contribution >= 0.6 is 0 Å². The van der Waals surface area contributed by atoms with Crippen molar-refractivity contribution in [2.45, 2.75) is 0 Å². The molecule has 13 heavy (non-hydrogen) atoms. The fourth-order valence-corrected chi connectivity index (χ4v) is 0.407. The number of nitrogens with one attached hydrogen (secondary N) is 1. The molecule has 0 saturated carbocycles. The van der Waals surface area contributed by atoms with Gasteiger partial charge in [0.25, 0.3) is 5.91 Å². The molecule has 0 radical (unpaired) electrons. The van der Waals surface area contributed by atoms with Crippen molar-refractivity contribution in [1.82, 2.24) is 5.32 Å². The second-order valence-corrected chi connectivity index (χ2v) is 1.68. The molecule has 0 aromatic carbocycles.